The smallest absolute Gasteiger partial charge is 0.272 e. The monoisotopic (exact) mass is 173 g/mol. The van der Waals surface area contributed by atoms with Crippen molar-refractivity contribution in [2.75, 3.05) is 6.67 Å². The van der Waals surface area contributed by atoms with Gasteiger partial charge < -0.3 is 5.73 Å². The molecule has 1 amide bonds. The molecule has 12 heavy (non-hydrogen) atoms. The van der Waals surface area contributed by atoms with Crippen molar-refractivity contribution in [2.45, 2.75) is 12.8 Å². The number of rotatable bonds is 4. The van der Waals surface area contributed by atoms with Crippen LogP contribution in [0.15, 0.2) is 4.63 Å². The Balaban J connectivity index is 2.70. The van der Waals surface area contributed by atoms with Crippen molar-refractivity contribution in [2.24, 2.45) is 5.73 Å². The van der Waals surface area contributed by atoms with Gasteiger partial charge in [0, 0.05) is 0 Å². The molecule has 0 aliphatic heterocycles. The Bertz CT molecular complexity index is 274. The predicted molar refractivity (Wildman–Crippen MR) is 37.1 cm³/mol. The second-order valence-corrected chi connectivity index (χ2v) is 2.22. The number of hydrogen-bond acceptors (Lipinski definition) is 4. The molecule has 0 aliphatic rings. The third kappa shape index (κ3) is 1.77. The molecule has 0 bridgehead atoms. The first-order chi connectivity index (χ1) is 5.75. The van der Waals surface area contributed by atoms with E-state index in [1.807, 2.05) is 0 Å². The first kappa shape index (κ1) is 8.63. The van der Waals surface area contributed by atoms with Crippen molar-refractivity contribution in [1.29, 1.82) is 0 Å². The van der Waals surface area contributed by atoms with Crippen molar-refractivity contribution in [3.05, 3.63) is 11.4 Å². The van der Waals surface area contributed by atoms with Gasteiger partial charge in [-0.25, -0.2) is 4.63 Å². The fourth-order valence-electron chi connectivity index (χ4n) is 0.792. The number of carbonyl (C=O) groups is 1. The normalized spacial score (nSPS) is 10.1. The first-order valence-corrected chi connectivity index (χ1v) is 3.43. The summed E-state index contributed by atoms with van der Waals surface area (Å²) in [6, 6.07) is 0. The van der Waals surface area contributed by atoms with Crippen LogP contribution in [0, 0.1) is 0 Å². The highest BCUT2D eigenvalue weighted by molar-refractivity contribution is 5.91. The maximum absolute atomic E-state index is 11.7. The topological polar surface area (TPSA) is 82.0 Å². The third-order valence-electron chi connectivity index (χ3n) is 1.34. The average molecular weight is 173 g/mol. The van der Waals surface area contributed by atoms with E-state index in [4.69, 9.17) is 5.73 Å². The Hall–Kier alpha value is -1.46. The Morgan fingerprint density at radius 1 is 1.58 bits per heavy atom. The largest absolute Gasteiger partial charge is 0.364 e. The molecule has 0 aromatic carbocycles. The molecule has 0 spiro atoms. The third-order valence-corrected chi connectivity index (χ3v) is 1.34. The Morgan fingerprint density at radius 3 is 2.92 bits per heavy atom. The van der Waals surface area contributed by atoms with Crippen LogP contribution in [-0.2, 0) is 6.42 Å². The van der Waals surface area contributed by atoms with Crippen molar-refractivity contribution < 1.29 is 13.8 Å². The number of primary amides is 1. The SMILES string of the molecule is NC(=O)c1nonc1CCCF. The highest BCUT2D eigenvalue weighted by atomic mass is 19.1. The van der Waals surface area contributed by atoms with Gasteiger partial charge in [-0.05, 0) is 18.0 Å². The molecule has 1 rings (SSSR count). The zero-order valence-electron chi connectivity index (χ0n) is 6.29. The molecule has 0 saturated heterocycles. The van der Waals surface area contributed by atoms with E-state index in [1.165, 1.54) is 0 Å². The molecule has 5 nitrogen and oxygen atoms in total. The van der Waals surface area contributed by atoms with Gasteiger partial charge >= 0.3 is 0 Å². The van der Waals surface area contributed by atoms with Crippen LogP contribution in [0.4, 0.5) is 4.39 Å². The highest BCUT2D eigenvalue weighted by Crippen LogP contribution is 2.04. The Kier molecular flexibility index (Phi) is 2.73. The summed E-state index contributed by atoms with van der Waals surface area (Å²) >= 11 is 0. The molecule has 0 fully saturated rings. The lowest BCUT2D eigenvalue weighted by Gasteiger charge is -1.91. The van der Waals surface area contributed by atoms with Crippen LogP contribution in [0.3, 0.4) is 0 Å². The first-order valence-electron chi connectivity index (χ1n) is 3.43. The molecule has 0 unspecified atom stereocenters. The van der Waals surface area contributed by atoms with Gasteiger partial charge in [0.05, 0.1) is 6.67 Å². The van der Waals surface area contributed by atoms with Gasteiger partial charge in [0.15, 0.2) is 5.69 Å². The van der Waals surface area contributed by atoms with E-state index in [0.717, 1.165) is 0 Å². The summed E-state index contributed by atoms with van der Waals surface area (Å²) in [5.74, 6) is -0.704. The molecule has 1 aromatic heterocycles. The van der Waals surface area contributed by atoms with Crippen LogP contribution in [0.1, 0.15) is 22.6 Å². The fraction of sp³-hybridized carbons (Fsp3) is 0.500. The minimum Gasteiger partial charge on any atom is -0.364 e. The van der Waals surface area contributed by atoms with E-state index in [-0.39, 0.29) is 12.1 Å². The zero-order chi connectivity index (χ0) is 8.97. The van der Waals surface area contributed by atoms with E-state index in [1.54, 1.807) is 0 Å². The molecular weight excluding hydrogens is 165 g/mol. The molecule has 0 radical (unpaired) electrons. The number of aromatic nitrogens is 2. The lowest BCUT2D eigenvalue weighted by molar-refractivity contribution is 0.0990. The Labute approximate surface area is 67.7 Å². The summed E-state index contributed by atoms with van der Waals surface area (Å²) in [7, 11) is 0. The quantitative estimate of drug-likeness (QED) is 0.698. The molecule has 6 heteroatoms. The highest BCUT2D eigenvalue weighted by Gasteiger charge is 2.14. The van der Waals surface area contributed by atoms with Gasteiger partial charge in [-0.2, -0.15) is 0 Å². The number of carbonyl (C=O) groups excluding carboxylic acids is 1. The lowest BCUT2D eigenvalue weighted by Crippen LogP contribution is -2.14. The zero-order valence-corrected chi connectivity index (χ0v) is 6.29. The van der Waals surface area contributed by atoms with Crippen LogP contribution in [0.2, 0.25) is 0 Å². The van der Waals surface area contributed by atoms with E-state index in [2.05, 4.69) is 14.9 Å². The van der Waals surface area contributed by atoms with Crippen molar-refractivity contribution in [3.63, 3.8) is 0 Å². The molecular formula is C6H8FN3O2. The van der Waals surface area contributed by atoms with Crippen molar-refractivity contribution in [1.82, 2.24) is 10.3 Å². The Morgan fingerprint density at radius 2 is 2.33 bits per heavy atom. The van der Waals surface area contributed by atoms with Crippen LogP contribution < -0.4 is 5.73 Å². The number of nitrogens with two attached hydrogens (primary N) is 1. The summed E-state index contributed by atoms with van der Waals surface area (Å²) in [6.45, 7) is -0.467. The van der Waals surface area contributed by atoms with Crippen LogP contribution in [0.5, 0.6) is 0 Å². The second kappa shape index (κ2) is 3.80. The molecule has 1 heterocycles. The van der Waals surface area contributed by atoms with E-state index in [0.29, 0.717) is 12.1 Å². The molecule has 2 N–H and O–H groups in total. The number of amides is 1. The molecule has 0 saturated carbocycles. The summed E-state index contributed by atoms with van der Waals surface area (Å²) in [6.07, 6.45) is 0.604. The van der Waals surface area contributed by atoms with E-state index in [9.17, 15) is 9.18 Å². The van der Waals surface area contributed by atoms with E-state index >= 15 is 0 Å². The van der Waals surface area contributed by atoms with Crippen molar-refractivity contribution >= 4 is 5.91 Å². The van der Waals surface area contributed by atoms with Gasteiger partial charge in [-0.15, -0.1) is 0 Å². The number of aryl methyl sites for hydroxylation is 1. The summed E-state index contributed by atoms with van der Waals surface area (Å²) < 4.78 is 16.0. The maximum Gasteiger partial charge on any atom is 0.272 e. The van der Waals surface area contributed by atoms with Gasteiger partial charge in [0.1, 0.15) is 5.69 Å². The van der Waals surface area contributed by atoms with Gasteiger partial charge in [0.2, 0.25) is 0 Å². The van der Waals surface area contributed by atoms with Crippen LogP contribution in [-0.4, -0.2) is 22.9 Å². The average Bonchev–Trinajstić information content (AvgIpc) is 2.48. The molecule has 0 atom stereocenters. The summed E-state index contributed by atoms with van der Waals surface area (Å²) in [5, 5.41) is 6.71. The summed E-state index contributed by atoms with van der Waals surface area (Å²) in [4.78, 5) is 10.6. The van der Waals surface area contributed by atoms with Crippen molar-refractivity contribution in [3.8, 4) is 0 Å². The van der Waals surface area contributed by atoms with E-state index < -0.39 is 12.6 Å². The number of hydrogen-bond donors (Lipinski definition) is 1. The standard InChI is InChI=1S/C6H8FN3O2/c7-3-1-2-4-5(6(8)11)10-12-9-4/h1-3H2,(H2,8,11). The van der Waals surface area contributed by atoms with Crippen LogP contribution >= 0.6 is 0 Å². The minimum absolute atomic E-state index is 0.0107. The fourth-order valence-corrected chi connectivity index (χ4v) is 0.792. The second-order valence-electron chi connectivity index (χ2n) is 2.22. The van der Waals surface area contributed by atoms with Gasteiger partial charge in [-0.3, -0.25) is 9.18 Å². The van der Waals surface area contributed by atoms with Gasteiger partial charge in [0.25, 0.3) is 5.91 Å². The number of alkyl halides is 1. The van der Waals surface area contributed by atoms with Gasteiger partial charge in [-0.1, -0.05) is 5.16 Å². The number of halogens is 1. The van der Waals surface area contributed by atoms with Crippen LogP contribution in [0.25, 0.3) is 0 Å². The molecule has 66 valence electrons. The number of nitrogens with zero attached hydrogens (tertiary/aromatic N) is 2. The molecule has 0 aliphatic carbocycles. The maximum atomic E-state index is 11.7. The predicted octanol–water partition coefficient (Wildman–Crippen LogP) is 0.0706. The lowest BCUT2D eigenvalue weighted by atomic mass is 10.2. The summed E-state index contributed by atoms with van der Waals surface area (Å²) in [5.41, 5.74) is 5.24. The molecule has 1 aromatic rings. The minimum atomic E-state index is -0.704.